The molecule has 2 aliphatic carbocycles. The Morgan fingerprint density at radius 1 is 1.23 bits per heavy atom. The summed E-state index contributed by atoms with van der Waals surface area (Å²) in [6.45, 7) is 0. The zero-order valence-corrected chi connectivity index (χ0v) is 14.2. The van der Waals surface area contributed by atoms with Crippen molar-refractivity contribution in [2.75, 3.05) is 5.32 Å². The van der Waals surface area contributed by atoms with Crippen LogP contribution in [0.15, 0.2) is 12.7 Å². The number of terminal acetylenes is 1. The topological polar surface area (TPSA) is 105 Å². The first-order valence-corrected chi connectivity index (χ1v) is 9.09. The molecule has 3 fully saturated rings. The van der Waals surface area contributed by atoms with Gasteiger partial charge in [0, 0.05) is 6.04 Å². The first kappa shape index (κ1) is 16.0. The Morgan fingerprint density at radius 3 is 2.88 bits per heavy atom. The van der Waals surface area contributed by atoms with Gasteiger partial charge < -0.3 is 20.3 Å². The van der Waals surface area contributed by atoms with Crippen molar-refractivity contribution in [1.82, 2.24) is 19.5 Å². The molecule has 1 saturated heterocycles. The van der Waals surface area contributed by atoms with Gasteiger partial charge in [0.05, 0.1) is 6.33 Å². The molecule has 5 rings (SSSR count). The minimum atomic E-state index is -1.15. The van der Waals surface area contributed by atoms with Gasteiger partial charge in [0.2, 0.25) is 0 Å². The SMILES string of the molecule is C#C[C@H]1O[C@@H](n2cnc3c(N[C@H]4C[C@H]5CCC[C@H]54)ncnc32)[C@H](O)[C@@H]1O. The monoisotopic (exact) mass is 355 g/mol. The third kappa shape index (κ3) is 2.24. The molecule has 2 aromatic rings. The van der Waals surface area contributed by atoms with Crippen molar-refractivity contribution in [3.63, 3.8) is 0 Å². The number of imidazole rings is 1. The summed E-state index contributed by atoms with van der Waals surface area (Å²) in [5.74, 6) is 4.63. The fourth-order valence-corrected chi connectivity index (χ4v) is 4.71. The molecule has 26 heavy (non-hydrogen) atoms. The molecule has 8 nitrogen and oxygen atoms in total. The molecule has 0 spiro atoms. The van der Waals surface area contributed by atoms with Crippen LogP contribution in [0, 0.1) is 24.2 Å². The highest BCUT2D eigenvalue weighted by Crippen LogP contribution is 2.48. The maximum Gasteiger partial charge on any atom is 0.167 e. The van der Waals surface area contributed by atoms with Crippen molar-refractivity contribution in [2.24, 2.45) is 11.8 Å². The maximum absolute atomic E-state index is 10.3. The van der Waals surface area contributed by atoms with Gasteiger partial charge in [-0.2, -0.15) is 0 Å². The minimum absolute atomic E-state index is 0.437. The maximum atomic E-state index is 10.3. The van der Waals surface area contributed by atoms with Gasteiger partial charge in [0.15, 0.2) is 23.2 Å². The average molecular weight is 355 g/mol. The molecule has 0 unspecified atom stereocenters. The van der Waals surface area contributed by atoms with Gasteiger partial charge in [-0.3, -0.25) is 4.57 Å². The second kappa shape index (κ2) is 5.91. The molecule has 3 N–H and O–H groups in total. The predicted molar refractivity (Wildman–Crippen MR) is 92.9 cm³/mol. The number of aliphatic hydroxyl groups is 2. The number of rotatable bonds is 3. The van der Waals surface area contributed by atoms with Gasteiger partial charge in [0.25, 0.3) is 0 Å². The van der Waals surface area contributed by atoms with E-state index >= 15 is 0 Å². The van der Waals surface area contributed by atoms with Crippen LogP contribution in [-0.2, 0) is 4.74 Å². The molecule has 0 aromatic carbocycles. The number of ether oxygens (including phenoxy) is 1. The summed E-state index contributed by atoms with van der Waals surface area (Å²) in [5, 5.41) is 23.8. The van der Waals surface area contributed by atoms with E-state index < -0.39 is 24.5 Å². The Balaban J connectivity index is 1.44. The van der Waals surface area contributed by atoms with Gasteiger partial charge in [-0.1, -0.05) is 18.8 Å². The van der Waals surface area contributed by atoms with Gasteiger partial charge >= 0.3 is 0 Å². The van der Waals surface area contributed by atoms with E-state index in [1.165, 1.54) is 32.0 Å². The van der Waals surface area contributed by atoms with Gasteiger partial charge in [-0.15, -0.1) is 6.42 Å². The molecule has 3 heterocycles. The molecule has 7 atom stereocenters. The van der Waals surface area contributed by atoms with Gasteiger partial charge in [-0.05, 0) is 24.7 Å². The summed E-state index contributed by atoms with van der Waals surface area (Å²) >= 11 is 0. The number of hydrogen-bond acceptors (Lipinski definition) is 7. The van der Waals surface area contributed by atoms with Crippen LogP contribution in [0.4, 0.5) is 5.82 Å². The molecule has 136 valence electrons. The largest absolute Gasteiger partial charge is 0.386 e. The summed E-state index contributed by atoms with van der Waals surface area (Å²) in [4.78, 5) is 13.1. The van der Waals surface area contributed by atoms with E-state index in [0.717, 1.165) is 11.8 Å². The number of aliphatic hydroxyl groups excluding tert-OH is 2. The summed E-state index contributed by atoms with van der Waals surface area (Å²) in [5.41, 5.74) is 1.17. The molecule has 2 saturated carbocycles. The quantitative estimate of drug-likeness (QED) is 0.695. The molecule has 0 bridgehead atoms. The Bertz CT molecular complexity index is 877. The molecular weight excluding hydrogens is 334 g/mol. The lowest BCUT2D eigenvalue weighted by Crippen LogP contribution is -2.43. The zero-order chi connectivity index (χ0) is 17.8. The Kier molecular flexibility index (Phi) is 3.64. The van der Waals surface area contributed by atoms with Gasteiger partial charge in [0.1, 0.15) is 24.6 Å². The second-order valence-corrected chi connectivity index (χ2v) is 7.48. The third-order valence-electron chi connectivity index (χ3n) is 6.15. The summed E-state index contributed by atoms with van der Waals surface area (Å²) in [6, 6.07) is 0.437. The fourth-order valence-electron chi connectivity index (χ4n) is 4.71. The Hall–Kier alpha value is -2.21. The minimum Gasteiger partial charge on any atom is -0.386 e. The molecule has 2 aromatic heterocycles. The third-order valence-corrected chi connectivity index (χ3v) is 6.15. The van der Waals surface area contributed by atoms with E-state index in [0.29, 0.717) is 23.0 Å². The molecular formula is C18H21N5O3. The highest BCUT2D eigenvalue weighted by Gasteiger charge is 2.45. The first-order valence-electron chi connectivity index (χ1n) is 9.09. The molecule has 3 aliphatic rings. The fraction of sp³-hybridized carbons (Fsp3) is 0.611. The van der Waals surface area contributed by atoms with E-state index in [2.05, 4.69) is 26.2 Å². The van der Waals surface area contributed by atoms with Crippen LogP contribution in [-0.4, -0.2) is 54.1 Å². The van der Waals surface area contributed by atoms with E-state index in [1.54, 1.807) is 10.9 Å². The summed E-state index contributed by atoms with van der Waals surface area (Å²) < 4.78 is 7.21. The number of nitrogens with zero attached hydrogens (tertiary/aromatic N) is 4. The highest BCUT2D eigenvalue weighted by atomic mass is 16.6. The van der Waals surface area contributed by atoms with Crippen molar-refractivity contribution < 1.29 is 14.9 Å². The number of anilines is 1. The Labute approximate surface area is 150 Å². The van der Waals surface area contributed by atoms with Gasteiger partial charge in [-0.25, -0.2) is 15.0 Å². The van der Waals surface area contributed by atoms with Crippen LogP contribution in [0.3, 0.4) is 0 Å². The smallest absolute Gasteiger partial charge is 0.167 e. The van der Waals surface area contributed by atoms with Crippen LogP contribution in [0.25, 0.3) is 11.2 Å². The molecule has 0 amide bonds. The van der Waals surface area contributed by atoms with Crippen LogP contribution < -0.4 is 5.32 Å². The lowest BCUT2D eigenvalue weighted by molar-refractivity contribution is -0.0230. The van der Waals surface area contributed by atoms with E-state index in [4.69, 9.17) is 11.2 Å². The molecule has 1 aliphatic heterocycles. The van der Waals surface area contributed by atoms with Crippen LogP contribution in [0.2, 0.25) is 0 Å². The zero-order valence-electron chi connectivity index (χ0n) is 14.2. The van der Waals surface area contributed by atoms with Crippen LogP contribution in [0.1, 0.15) is 31.9 Å². The van der Waals surface area contributed by atoms with Crippen molar-refractivity contribution in [2.45, 2.75) is 56.3 Å². The van der Waals surface area contributed by atoms with Crippen LogP contribution >= 0.6 is 0 Å². The van der Waals surface area contributed by atoms with Crippen molar-refractivity contribution in [3.8, 4) is 12.3 Å². The predicted octanol–water partition coefficient (Wildman–Crippen LogP) is 0.679. The van der Waals surface area contributed by atoms with Crippen molar-refractivity contribution in [1.29, 1.82) is 0 Å². The van der Waals surface area contributed by atoms with E-state index in [9.17, 15) is 10.2 Å². The Morgan fingerprint density at radius 2 is 2.12 bits per heavy atom. The first-order chi connectivity index (χ1) is 12.7. The summed E-state index contributed by atoms with van der Waals surface area (Å²) in [7, 11) is 0. The second-order valence-electron chi connectivity index (χ2n) is 7.48. The number of aromatic nitrogens is 4. The summed E-state index contributed by atoms with van der Waals surface area (Å²) in [6.07, 6.45) is 9.50. The van der Waals surface area contributed by atoms with Crippen molar-refractivity contribution >= 4 is 17.0 Å². The normalized spacial score (nSPS) is 38.7. The lowest BCUT2D eigenvalue weighted by atomic mass is 9.71. The van der Waals surface area contributed by atoms with E-state index in [-0.39, 0.29) is 0 Å². The number of fused-ring (bicyclic) bond motifs is 2. The molecule has 8 heteroatoms. The highest BCUT2D eigenvalue weighted by molar-refractivity contribution is 5.83. The average Bonchev–Trinajstić information content (AvgIpc) is 3.30. The lowest BCUT2D eigenvalue weighted by Gasteiger charge is -2.41. The standard InChI is InChI=1S/C18H21N5O3/c1-2-12-14(24)15(25)18(26-12)23-8-21-13-16(19-7-20-17(13)23)22-11-6-9-4-3-5-10(9)11/h1,7-12,14-15,18,24-25H,3-6H2,(H,19,20,22)/t9-,10-,11+,12-,14-,15-,18-/m1/s1. The van der Waals surface area contributed by atoms with Crippen LogP contribution in [0.5, 0.6) is 0 Å². The van der Waals surface area contributed by atoms with Crippen molar-refractivity contribution in [3.05, 3.63) is 12.7 Å². The number of nitrogens with one attached hydrogen (secondary N) is 1. The molecule has 0 radical (unpaired) electrons. The van der Waals surface area contributed by atoms with E-state index in [1.807, 2.05) is 0 Å². The number of hydrogen-bond donors (Lipinski definition) is 3.